The van der Waals surface area contributed by atoms with Crippen LogP contribution in [0.5, 0.6) is 0 Å². The van der Waals surface area contributed by atoms with Gasteiger partial charge in [-0.1, -0.05) is 23.5 Å². The molecule has 28 heavy (non-hydrogen) atoms. The van der Waals surface area contributed by atoms with Crippen LogP contribution in [-0.2, 0) is 6.18 Å². The minimum absolute atomic E-state index is 0.149. The second kappa shape index (κ2) is 7.06. The van der Waals surface area contributed by atoms with Crippen molar-refractivity contribution in [3.63, 3.8) is 0 Å². The van der Waals surface area contributed by atoms with Crippen LogP contribution in [0.25, 0.3) is 15.3 Å². The quantitative estimate of drug-likeness (QED) is 0.674. The molecular weight excluding hydrogens is 393 g/mol. The minimum Gasteiger partial charge on any atom is -0.303 e. The van der Waals surface area contributed by atoms with E-state index in [4.69, 9.17) is 0 Å². The van der Waals surface area contributed by atoms with Gasteiger partial charge >= 0.3 is 6.18 Å². The Bertz CT molecular complexity index is 1040. The number of benzene rings is 1. The molecule has 1 aliphatic heterocycles. The van der Waals surface area contributed by atoms with Crippen molar-refractivity contribution >= 4 is 27.8 Å². The molecule has 1 aromatic carbocycles. The maximum atomic E-state index is 13.5. The molecule has 7 nitrogen and oxygen atoms in total. The monoisotopic (exact) mass is 410 g/mol. The van der Waals surface area contributed by atoms with Crippen LogP contribution in [0, 0.1) is 0 Å². The average Bonchev–Trinajstić information content (AvgIpc) is 3.22. The molecule has 3 heterocycles. The van der Waals surface area contributed by atoms with Gasteiger partial charge in [0.2, 0.25) is 5.13 Å². The van der Waals surface area contributed by atoms with Crippen molar-refractivity contribution in [1.29, 1.82) is 0 Å². The van der Waals surface area contributed by atoms with Crippen LogP contribution in [0.4, 0.5) is 13.2 Å². The first kappa shape index (κ1) is 18.7. The van der Waals surface area contributed by atoms with E-state index < -0.39 is 23.0 Å². The van der Waals surface area contributed by atoms with Gasteiger partial charge in [-0.2, -0.15) is 23.0 Å². The number of hydrazone groups is 1. The molecule has 0 atom stereocenters. The molecule has 148 valence electrons. The highest BCUT2D eigenvalue weighted by Crippen LogP contribution is 2.30. The number of aromatic amines is 1. The molecule has 0 bridgehead atoms. The van der Waals surface area contributed by atoms with Crippen LogP contribution < -0.4 is 5.56 Å². The third-order valence-electron chi connectivity index (χ3n) is 4.51. The van der Waals surface area contributed by atoms with E-state index in [9.17, 15) is 18.0 Å². The van der Waals surface area contributed by atoms with Crippen molar-refractivity contribution in [2.24, 2.45) is 5.10 Å². The molecule has 1 fully saturated rings. The van der Waals surface area contributed by atoms with Crippen molar-refractivity contribution < 1.29 is 13.2 Å². The molecule has 1 saturated heterocycles. The second-order valence-electron chi connectivity index (χ2n) is 6.50. The number of piperazine rings is 1. The highest BCUT2D eigenvalue weighted by Gasteiger charge is 2.38. The first-order valence-corrected chi connectivity index (χ1v) is 9.40. The lowest BCUT2D eigenvalue weighted by molar-refractivity contribution is -0.141. The molecule has 0 radical (unpaired) electrons. The third kappa shape index (κ3) is 3.54. The van der Waals surface area contributed by atoms with Gasteiger partial charge in [-0.05, 0) is 19.2 Å². The standard InChI is InChI=1S/C17H17F3N6OS/c1-24-6-8-25(9-7-24)21-10-11-14(17(18,19)20)23-26(15(11)27)16-22-12-4-2-3-5-13(12)28-16/h2-5,10,23H,6-9H2,1H3/b21-10+. The zero-order chi connectivity index (χ0) is 19.9. The molecule has 0 amide bonds. The van der Waals surface area contributed by atoms with Gasteiger partial charge in [0.15, 0.2) is 5.69 Å². The molecule has 3 aromatic rings. The molecule has 0 aliphatic carbocycles. The topological polar surface area (TPSA) is 69.5 Å². The highest BCUT2D eigenvalue weighted by molar-refractivity contribution is 7.20. The maximum absolute atomic E-state index is 13.5. The third-order valence-corrected chi connectivity index (χ3v) is 5.54. The van der Waals surface area contributed by atoms with E-state index >= 15 is 0 Å². The first-order valence-electron chi connectivity index (χ1n) is 8.58. The molecule has 1 N–H and O–H groups in total. The Morgan fingerprint density at radius 2 is 1.93 bits per heavy atom. The number of aromatic nitrogens is 3. The number of halogens is 3. The van der Waals surface area contributed by atoms with Gasteiger partial charge in [0.05, 0.1) is 22.0 Å². The number of hydrogen-bond acceptors (Lipinski definition) is 6. The largest absolute Gasteiger partial charge is 0.433 e. The molecule has 11 heteroatoms. The lowest BCUT2D eigenvalue weighted by Crippen LogP contribution is -2.41. The Balaban J connectivity index is 1.74. The van der Waals surface area contributed by atoms with Gasteiger partial charge in [-0.15, -0.1) is 0 Å². The summed E-state index contributed by atoms with van der Waals surface area (Å²) in [5, 5.41) is 8.09. The molecule has 0 unspecified atom stereocenters. The Morgan fingerprint density at radius 1 is 1.21 bits per heavy atom. The van der Waals surface area contributed by atoms with Crippen LogP contribution in [0.3, 0.4) is 0 Å². The zero-order valence-electron chi connectivity index (χ0n) is 14.9. The smallest absolute Gasteiger partial charge is 0.303 e. The van der Waals surface area contributed by atoms with Gasteiger partial charge < -0.3 is 4.90 Å². The van der Waals surface area contributed by atoms with Gasteiger partial charge in [-0.3, -0.25) is 14.9 Å². The van der Waals surface area contributed by atoms with Crippen molar-refractivity contribution in [2.75, 3.05) is 33.2 Å². The number of nitrogens with zero attached hydrogens (tertiary/aromatic N) is 5. The van der Waals surface area contributed by atoms with E-state index in [0.717, 1.165) is 40.0 Å². The summed E-state index contributed by atoms with van der Waals surface area (Å²) in [4.78, 5) is 19.1. The normalized spacial score (nSPS) is 16.5. The predicted octanol–water partition coefficient (Wildman–Crippen LogP) is 2.38. The Kier molecular flexibility index (Phi) is 4.71. The number of para-hydroxylation sites is 1. The Hall–Kier alpha value is -2.66. The fraction of sp³-hybridized carbons (Fsp3) is 0.353. The fourth-order valence-electron chi connectivity index (χ4n) is 2.93. The number of likely N-dealkylation sites (N-methyl/N-ethyl adjacent to an activating group) is 1. The number of alkyl halides is 3. The lowest BCUT2D eigenvalue weighted by Gasteiger charge is -2.30. The summed E-state index contributed by atoms with van der Waals surface area (Å²) in [5.41, 5.74) is -1.87. The molecular formula is C17H17F3N6OS. The molecule has 0 saturated carbocycles. The van der Waals surface area contributed by atoms with Crippen molar-refractivity contribution in [2.45, 2.75) is 6.18 Å². The number of rotatable bonds is 3. The van der Waals surface area contributed by atoms with Crippen molar-refractivity contribution in [3.8, 4) is 5.13 Å². The number of thiazole rings is 1. The number of fused-ring (bicyclic) bond motifs is 1. The van der Waals surface area contributed by atoms with E-state index in [2.05, 4.69) is 20.1 Å². The predicted molar refractivity (Wildman–Crippen MR) is 101 cm³/mol. The summed E-state index contributed by atoms with van der Waals surface area (Å²) in [5.74, 6) is 0. The van der Waals surface area contributed by atoms with E-state index in [1.165, 1.54) is 0 Å². The highest BCUT2D eigenvalue weighted by atomic mass is 32.1. The fourth-order valence-corrected chi connectivity index (χ4v) is 3.85. The van der Waals surface area contributed by atoms with Gasteiger partial charge in [-0.25, -0.2) is 4.98 Å². The number of H-pyrrole nitrogens is 1. The molecule has 0 spiro atoms. The minimum atomic E-state index is -4.72. The van der Waals surface area contributed by atoms with Crippen LogP contribution >= 0.6 is 11.3 Å². The number of nitrogens with one attached hydrogen (secondary N) is 1. The van der Waals surface area contributed by atoms with Gasteiger partial charge in [0.25, 0.3) is 5.56 Å². The van der Waals surface area contributed by atoms with E-state index in [-0.39, 0.29) is 5.13 Å². The van der Waals surface area contributed by atoms with Crippen LogP contribution in [-0.4, -0.2) is 64.1 Å². The summed E-state index contributed by atoms with van der Waals surface area (Å²) in [6.07, 6.45) is -3.72. The van der Waals surface area contributed by atoms with Crippen LogP contribution in [0.1, 0.15) is 11.3 Å². The van der Waals surface area contributed by atoms with Crippen molar-refractivity contribution in [3.05, 3.63) is 45.9 Å². The summed E-state index contributed by atoms with van der Waals surface area (Å²) >= 11 is 1.14. The maximum Gasteiger partial charge on any atom is 0.433 e. The SMILES string of the molecule is CN1CCN(/N=C/c2c(C(F)(F)F)[nH]n(-c3nc4ccccc4s3)c2=O)CC1. The van der Waals surface area contributed by atoms with Crippen molar-refractivity contribution in [1.82, 2.24) is 24.7 Å². The summed E-state index contributed by atoms with van der Waals surface area (Å²) in [6.45, 7) is 2.69. The lowest BCUT2D eigenvalue weighted by atomic mass is 10.2. The Morgan fingerprint density at radius 3 is 2.61 bits per heavy atom. The molecule has 4 rings (SSSR count). The Labute approximate surface area is 161 Å². The van der Waals surface area contributed by atoms with E-state index in [1.807, 2.05) is 7.05 Å². The average molecular weight is 410 g/mol. The molecule has 2 aromatic heterocycles. The van der Waals surface area contributed by atoms with Crippen LogP contribution in [0.15, 0.2) is 34.2 Å². The molecule has 1 aliphatic rings. The van der Waals surface area contributed by atoms with E-state index in [1.54, 1.807) is 29.3 Å². The van der Waals surface area contributed by atoms with Gasteiger partial charge in [0.1, 0.15) is 0 Å². The first-order chi connectivity index (χ1) is 13.3. The van der Waals surface area contributed by atoms with Crippen LogP contribution in [0.2, 0.25) is 0 Å². The second-order valence-corrected chi connectivity index (χ2v) is 7.51. The number of hydrogen-bond donors (Lipinski definition) is 1. The summed E-state index contributed by atoms with van der Waals surface area (Å²) in [7, 11) is 1.96. The summed E-state index contributed by atoms with van der Waals surface area (Å²) < 4.78 is 42.1. The summed E-state index contributed by atoms with van der Waals surface area (Å²) in [6, 6.07) is 7.12. The van der Waals surface area contributed by atoms with E-state index in [0.29, 0.717) is 18.6 Å². The zero-order valence-corrected chi connectivity index (χ0v) is 15.7. The van der Waals surface area contributed by atoms with Gasteiger partial charge in [0, 0.05) is 26.2 Å².